The van der Waals surface area contributed by atoms with Crippen LogP contribution in [0.25, 0.3) is 6.08 Å². The molecule has 0 aliphatic carbocycles. The van der Waals surface area contributed by atoms with Gasteiger partial charge in [-0.3, -0.25) is 4.57 Å². The van der Waals surface area contributed by atoms with E-state index in [2.05, 4.69) is 0 Å². The SMILES string of the molecule is O=[P+](O)C(=Cc1cccs1)P(=O)(O)O. The van der Waals surface area contributed by atoms with E-state index in [9.17, 15) is 9.13 Å². The minimum Gasteiger partial charge on any atom is -0.318 e. The first-order valence-corrected chi connectivity index (χ1v) is 7.09. The molecule has 0 aliphatic rings. The molecule has 76 valence electrons. The maximum Gasteiger partial charge on any atom is 0.554 e. The largest absolute Gasteiger partial charge is 0.554 e. The third-order valence-corrected chi connectivity index (χ3v) is 4.67. The van der Waals surface area contributed by atoms with Crippen molar-refractivity contribution >= 4 is 33.0 Å². The van der Waals surface area contributed by atoms with Gasteiger partial charge in [-0.25, -0.2) is 0 Å². The zero-order chi connectivity index (χ0) is 10.8. The van der Waals surface area contributed by atoms with Crippen LogP contribution in [-0.4, -0.2) is 14.7 Å². The summed E-state index contributed by atoms with van der Waals surface area (Å²) in [5.74, 6) is 0. The molecule has 1 aromatic rings. The Bertz CT molecular complexity index is 404. The first-order valence-electron chi connectivity index (χ1n) is 3.38. The highest BCUT2D eigenvalue weighted by Crippen LogP contribution is 2.56. The van der Waals surface area contributed by atoms with E-state index >= 15 is 0 Å². The summed E-state index contributed by atoms with van der Waals surface area (Å²) in [6, 6.07) is 3.28. The first-order chi connectivity index (χ1) is 6.41. The number of hydrogen-bond donors (Lipinski definition) is 3. The fourth-order valence-corrected chi connectivity index (χ4v) is 3.03. The Morgan fingerprint density at radius 3 is 2.57 bits per heavy atom. The molecule has 1 rings (SSSR count). The molecule has 0 aromatic carbocycles. The van der Waals surface area contributed by atoms with Gasteiger partial charge in [-0.05, 0) is 16.0 Å². The molecule has 14 heavy (non-hydrogen) atoms. The van der Waals surface area contributed by atoms with Crippen LogP contribution in [0.3, 0.4) is 0 Å². The maximum atomic E-state index is 10.8. The monoisotopic (exact) mass is 253 g/mol. The second-order valence-electron chi connectivity index (χ2n) is 2.33. The molecule has 5 nitrogen and oxygen atoms in total. The van der Waals surface area contributed by atoms with Crippen molar-refractivity contribution in [3.8, 4) is 0 Å². The molecule has 0 aliphatic heterocycles. The molecule has 8 heteroatoms. The van der Waals surface area contributed by atoms with E-state index < -0.39 is 20.7 Å². The molecule has 1 atom stereocenters. The quantitative estimate of drug-likeness (QED) is 0.715. The standard InChI is InChI=1S/C6H6O5P2S/c7-12(8)6(13(9,10)11)4-5-2-1-3-14-5/h1-4H,(H2-,7,8,9,10,11)/p+1. The average molecular weight is 253 g/mol. The highest BCUT2D eigenvalue weighted by Gasteiger charge is 2.38. The van der Waals surface area contributed by atoms with Crippen molar-refractivity contribution in [3.63, 3.8) is 0 Å². The lowest BCUT2D eigenvalue weighted by Crippen LogP contribution is -1.80. The highest BCUT2D eigenvalue weighted by molar-refractivity contribution is 7.72. The molecule has 1 aromatic heterocycles. The van der Waals surface area contributed by atoms with E-state index in [1.54, 1.807) is 17.5 Å². The maximum absolute atomic E-state index is 10.8. The van der Waals surface area contributed by atoms with Crippen molar-refractivity contribution in [2.75, 3.05) is 0 Å². The number of thiophene rings is 1. The van der Waals surface area contributed by atoms with Crippen molar-refractivity contribution in [2.45, 2.75) is 0 Å². The van der Waals surface area contributed by atoms with Gasteiger partial charge in [0.2, 0.25) is 0 Å². The van der Waals surface area contributed by atoms with Crippen molar-refractivity contribution < 1.29 is 23.8 Å². The van der Waals surface area contributed by atoms with Gasteiger partial charge < -0.3 is 9.79 Å². The van der Waals surface area contributed by atoms with Crippen LogP contribution in [0.15, 0.2) is 22.6 Å². The topological polar surface area (TPSA) is 94.8 Å². The first kappa shape index (κ1) is 11.7. The average Bonchev–Trinajstić information content (AvgIpc) is 2.48. The van der Waals surface area contributed by atoms with E-state index in [4.69, 9.17) is 14.7 Å². The van der Waals surface area contributed by atoms with Crippen molar-refractivity contribution in [1.29, 1.82) is 0 Å². The zero-order valence-electron chi connectivity index (χ0n) is 6.77. The molecular weight excluding hydrogens is 246 g/mol. The Balaban J connectivity index is 3.13. The molecule has 0 fully saturated rings. The van der Waals surface area contributed by atoms with Crippen LogP contribution in [0.5, 0.6) is 0 Å². The highest BCUT2D eigenvalue weighted by atomic mass is 32.1. The third-order valence-electron chi connectivity index (χ3n) is 1.31. The second kappa shape index (κ2) is 4.45. The molecule has 0 amide bonds. The summed E-state index contributed by atoms with van der Waals surface area (Å²) in [6.45, 7) is 0. The second-order valence-corrected chi connectivity index (χ2v) is 6.26. The van der Waals surface area contributed by atoms with Crippen LogP contribution < -0.4 is 0 Å². The Morgan fingerprint density at radius 1 is 1.57 bits per heavy atom. The summed E-state index contributed by atoms with van der Waals surface area (Å²) < 4.78 is 21.5. The molecule has 0 spiro atoms. The minimum atomic E-state index is -4.64. The van der Waals surface area contributed by atoms with Gasteiger partial charge in [-0.15, -0.1) is 11.3 Å². The van der Waals surface area contributed by atoms with E-state index in [1.807, 2.05) is 0 Å². The normalized spacial score (nSPS) is 14.2. The van der Waals surface area contributed by atoms with Gasteiger partial charge in [0.15, 0.2) is 0 Å². The smallest absolute Gasteiger partial charge is 0.318 e. The molecule has 3 N–H and O–H groups in total. The fourth-order valence-electron chi connectivity index (χ4n) is 0.751. The van der Waals surface area contributed by atoms with E-state index in [-0.39, 0.29) is 0 Å². The lowest BCUT2D eigenvalue weighted by molar-refractivity contribution is 0.384. The van der Waals surface area contributed by atoms with Gasteiger partial charge >= 0.3 is 20.7 Å². The van der Waals surface area contributed by atoms with Crippen LogP contribution in [0.4, 0.5) is 0 Å². The molecule has 0 saturated heterocycles. The Hall–Kier alpha value is -0.350. The summed E-state index contributed by atoms with van der Waals surface area (Å²) in [7, 11) is -7.64. The fraction of sp³-hybridized carbons (Fsp3) is 0. The molecular formula is C6H7O5P2S+. The predicted molar refractivity (Wildman–Crippen MR) is 54.2 cm³/mol. The van der Waals surface area contributed by atoms with Gasteiger partial charge in [0.25, 0.3) is 0 Å². The minimum absolute atomic E-state index is 0.528. The summed E-state index contributed by atoms with van der Waals surface area (Å²) in [5, 5.41) is 0.961. The zero-order valence-corrected chi connectivity index (χ0v) is 9.38. The van der Waals surface area contributed by atoms with Crippen LogP contribution in [0.1, 0.15) is 4.88 Å². The van der Waals surface area contributed by atoms with Crippen molar-refractivity contribution in [3.05, 3.63) is 27.4 Å². The summed E-state index contributed by atoms with van der Waals surface area (Å²) in [5.41, 5.74) is 0. The van der Waals surface area contributed by atoms with Crippen LogP contribution >= 0.6 is 27.0 Å². The van der Waals surface area contributed by atoms with Crippen molar-refractivity contribution in [2.24, 2.45) is 0 Å². The summed E-state index contributed by atoms with van der Waals surface area (Å²) >= 11 is 1.23. The van der Waals surface area contributed by atoms with E-state index in [1.165, 1.54) is 11.3 Å². The van der Waals surface area contributed by atoms with Crippen LogP contribution in [-0.2, 0) is 9.13 Å². The van der Waals surface area contributed by atoms with Crippen molar-refractivity contribution in [1.82, 2.24) is 0 Å². The van der Waals surface area contributed by atoms with Gasteiger partial charge in [-0.2, -0.15) is 4.89 Å². The predicted octanol–water partition coefficient (Wildman–Crippen LogP) is 1.96. The molecule has 0 radical (unpaired) electrons. The molecule has 0 saturated carbocycles. The lowest BCUT2D eigenvalue weighted by atomic mass is 10.5. The third kappa shape index (κ3) is 3.10. The number of hydrogen-bond acceptors (Lipinski definition) is 3. The molecule has 1 unspecified atom stereocenters. The van der Waals surface area contributed by atoms with Gasteiger partial charge in [0.1, 0.15) is 0 Å². The Labute approximate surface area is 84.7 Å². The Morgan fingerprint density at radius 2 is 2.21 bits per heavy atom. The summed E-state index contributed by atoms with van der Waals surface area (Å²) in [6.07, 6.45) is 1.05. The molecule has 0 bridgehead atoms. The molecule has 1 heterocycles. The van der Waals surface area contributed by atoms with E-state index in [0.717, 1.165) is 6.08 Å². The van der Waals surface area contributed by atoms with E-state index in [0.29, 0.717) is 4.88 Å². The lowest BCUT2D eigenvalue weighted by Gasteiger charge is -1.94. The number of rotatable bonds is 3. The Kier molecular flexibility index (Phi) is 3.72. The van der Waals surface area contributed by atoms with Crippen LogP contribution in [0.2, 0.25) is 0 Å². The van der Waals surface area contributed by atoms with Gasteiger partial charge in [0.05, 0.1) is 0 Å². The van der Waals surface area contributed by atoms with Crippen LogP contribution in [0, 0.1) is 0 Å². The summed E-state index contributed by atoms with van der Waals surface area (Å²) in [4.78, 5) is 26.7. The van der Waals surface area contributed by atoms with Gasteiger partial charge in [0, 0.05) is 11.0 Å². The van der Waals surface area contributed by atoms with Gasteiger partial charge in [-0.1, -0.05) is 6.07 Å².